The quantitative estimate of drug-likeness (QED) is 0.690. The van der Waals surface area contributed by atoms with Crippen LogP contribution in [0.25, 0.3) is 21.9 Å². The van der Waals surface area contributed by atoms with Crippen LogP contribution < -0.4 is 4.74 Å². The molecular weight excluding hydrogens is 356 g/mol. The van der Waals surface area contributed by atoms with Crippen LogP contribution >= 0.6 is 0 Å². The van der Waals surface area contributed by atoms with Crippen molar-refractivity contribution in [2.75, 3.05) is 6.61 Å². The van der Waals surface area contributed by atoms with Crippen LogP contribution in [-0.2, 0) is 4.79 Å². The Hall–Kier alpha value is -3.22. The Bertz CT molecular complexity index is 1020. The zero-order chi connectivity index (χ0) is 19.7. The molecule has 1 aromatic heterocycles. The predicted octanol–water partition coefficient (Wildman–Crippen LogP) is 4.47. The molecule has 0 fully saturated rings. The molecule has 3 rings (SSSR count). The first kappa shape index (κ1) is 18.6. The van der Waals surface area contributed by atoms with Crippen molar-refractivity contribution in [1.29, 1.82) is 0 Å². The number of fused-ring (bicyclic) bond motifs is 1. The van der Waals surface area contributed by atoms with Gasteiger partial charge in [0.1, 0.15) is 5.82 Å². The molecule has 27 heavy (non-hydrogen) atoms. The average Bonchev–Trinajstić information content (AvgIpc) is 2.62. The first-order valence-electron chi connectivity index (χ1n) is 8.25. The normalized spacial score (nSPS) is 11.1. The zero-order valence-electron chi connectivity index (χ0n) is 14.7. The van der Waals surface area contributed by atoms with Gasteiger partial charge >= 0.3 is 5.97 Å². The van der Waals surface area contributed by atoms with E-state index in [1.54, 1.807) is 12.1 Å². The number of phenolic OH excluding ortho intramolecular Hbond substituents is 1. The second kappa shape index (κ2) is 7.19. The summed E-state index contributed by atoms with van der Waals surface area (Å²) in [5.41, 5.74) is 1.73. The fourth-order valence-electron chi connectivity index (χ4n) is 2.91. The van der Waals surface area contributed by atoms with Crippen molar-refractivity contribution in [2.45, 2.75) is 19.8 Å². The highest BCUT2D eigenvalue weighted by Crippen LogP contribution is 2.41. The number of ether oxygens (including phenoxy) is 1. The van der Waals surface area contributed by atoms with Crippen LogP contribution in [0.4, 0.5) is 8.78 Å². The molecule has 2 N–H and O–H groups in total. The maximum absolute atomic E-state index is 14.7. The number of nitrogens with zero attached hydrogens (tertiary/aromatic N) is 1. The van der Waals surface area contributed by atoms with Gasteiger partial charge in [-0.05, 0) is 41.1 Å². The molecule has 0 atom stereocenters. The van der Waals surface area contributed by atoms with Crippen LogP contribution in [0, 0.1) is 11.6 Å². The van der Waals surface area contributed by atoms with Crippen LogP contribution in [0.1, 0.15) is 25.5 Å². The largest absolute Gasteiger partial charge is 0.505 e. The van der Waals surface area contributed by atoms with Crippen molar-refractivity contribution in [3.8, 4) is 22.8 Å². The van der Waals surface area contributed by atoms with Crippen molar-refractivity contribution >= 4 is 16.7 Å². The highest BCUT2D eigenvalue weighted by molar-refractivity contribution is 6.01. The Kier molecular flexibility index (Phi) is 4.94. The Morgan fingerprint density at radius 1 is 1.15 bits per heavy atom. The summed E-state index contributed by atoms with van der Waals surface area (Å²) in [5, 5.41) is 18.9. The molecule has 0 bridgehead atoms. The smallest absolute Gasteiger partial charge is 0.341 e. The van der Waals surface area contributed by atoms with Crippen molar-refractivity contribution < 1.29 is 28.5 Å². The maximum atomic E-state index is 14.7. The Morgan fingerprint density at radius 3 is 2.41 bits per heavy atom. The number of halogens is 2. The Labute approximate surface area is 153 Å². The van der Waals surface area contributed by atoms with Gasteiger partial charge in [0.25, 0.3) is 0 Å². The van der Waals surface area contributed by atoms with E-state index in [4.69, 9.17) is 9.84 Å². The van der Waals surface area contributed by atoms with Crippen LogP contribution in [0.15, 0.2) is 36.4 Å². The maximum Gasteiger partial charge on any atom is 0.341 e. The van der Waals surface area contributed by atoms with Crippen molar-refractivity contribution in [2.24, 2.45) is 0 Å². The fourth-order valence-corrected chi connectivity index (χ4v) is 2.91. The van der Waals surface area contributed by atoms with Gasteiger partial charge in [0.05, 0.1) is 11.1 Å². The molecule has 0 spiro atoms. The number of carbonyl (C=O) groups is 1. The molecule has 0 aliphatic heterocycles. The van der Waals surface area contributed by atoms with Gasteiger partial charge in [0, 0.05) is 5.56 Å². The number of phenols is 1. The van der Waals surface area contributed by atoms with E-state index in [1.165, 1.54) is 24.3 Å². The molecular formula is C20H17F2NO4. The van der Waals surface area contributed by atoms with E-state index in [9.17, 15) is 18.7 Å². The van der Waals surface area contributed by atoms with Crippen molar-refractivity contribution in [3.05, 3.63) is 53.7 Å². The van der Waals surface area contributed by atoms with Gasteiger partial charge in [-0.2, -0.15) is 0 Å². The van der Waals surface area contributed by atoms with Gasteiger partial charge in [-0.3, -0.25) is 0 Å². The number of pyridine rings is 1. The molecule has 0 aliphatic rings. The second-order valence-corrected chi connectivity index (χ2v) is 6.34. The second-order valence-electron chi connectivity index (χ2n) is 6.34. The third-order valence-corrected chi connectivity index (χ3v) is 4.10. The summed E-state index contributed by atoms with van der Waals surface area (Å²) in [6.07, 6.45) is 0. The minimum atomic E-state index is -1.24. The summed E-state index contributed by atoms with van der Waals surface area (Å²) in [7, 11) is 0. The summed E-state index contributed by atoms with van der Waals surface area (Å²) >= 11 is 0. The van der Waals surface area contributed by atoms with E-state index in [0.29, 0.717) is 22.2 Å². The standard InChI is InChI=1S/C20H17F2NO4/c1-10(2)19-16(11-3-5-12(21)6-4-11)13-7-8-14(24)18(22)17(13)20(23-19)27-9-15(25)26/h3-8,10,24H,9H2,1-2H3,(H,25,26). The summed E-state index contributed by atoms with van der Waals surface area (Å²) in [6, 6.07) is 8.40. The van der Waals surface area contributed by atoms with Crippen molar-refractivity contribution in [3.63, 3.8) is 0 Å². The average molecular weight is 373 g/mol. The molecule has 0 saturated heterocycles. The zero-order valence-corrected chi connectivity index (χ0v) is 14.7. The summed E-state index contributed by atoms with van der Waals surface area (Å²) in [4.78, 5) is 15.2. The lowest BCUT2D eigenvalue weighted by atomic mass is 9.92. The number of aromatic hydroxyl groups is 1. The molecule has 0 amide bonds. The van der Waals surface area contributed by atoms with E-state index in [2.05, 4.69) is 4.98 Å². The highest BCUT2D eigenvalue weighted by atomic mass is 19.1. The van der Waals surface area contributed by atoms with Gasteiger partial charge in [-0.15, -0.1) is 0 Å². The minimum absolute atomic E-state index is 0.113. The third kappa shape index (κ3) is 3.53. The lowest BCUT2D eigenvalue weighted by Gasteiger charge is -2.18. The number of benzene rings is 2. The van der Waals surface area contributed by atoms with E-state index < -0.39 is 30.0 Å². The third-order valence-electron chi connectivity index (χ3n) is 4.10. The number of carboxylic acid groups (broad SMARTS) is 1. The fraction of sp³-hybridized carbons (Fsp3) is 0.200. The molecule has 0 radical (unpaired) electrons. The topological polar surface area (TPSA) is 79.7 Å². The Morgan fingerprint density at radius 2 is 1.81 bits per heavy atom. The lowest BCUT2D eigenvalue weighted by Crippen LogP contribution is -2.12. The molecule has 1 heterocycles. The van der Waals surface area contributed by atoms with E-state index >= 15 is 0 Å². The number of aromatic nitrogens is 1. The molecule has 0 aliphatic carbocycles. The highest BCUT2D eigenvalue weighted by Gasteiger charge is 2.23. The molecule has 0 saturated carbocycles. The van der Waals surface area contributed by atoms with Crippen molar-refractivity contribution in [1.82, 2.24) is 4.98 Å². The van der Waals surface area contributed by atoms with E-state index in [1.807, 2.05) is 13.8 Å². The first-order chi connectivity index (χ1) is 12.8. The predicted molar refractivity (Wildman–Crippen MR) is 96.0 cm³/mol. The number of hydrogen-bond acceptors (Lipinski definition) is 4. The number of aliphatic carboxylic acids is 1. The SMILES string of the molecule is CC(C)c1nc(OCC(=O)O)c2c(F)c(O)ccc2c1-c1ccc(F)cc1. The lowest BCUT2D eigenvalue weighted by molar-refractivity contribution is -0.139. The van der Waals surface area contributed by atoms with Crippen LogP contribution in [0.5, 0.6) is 11.6 Å². The molecule has 5 nitrogen and oxygen atoms in total. The van der Waals surface area contributed by atoms with Crippen LogP contribution in [0.3, 0.4) is 0 Å². The Balaban J connectivity index is 2.38. The number of rotatable bonds is 5. The van der Waals surface area contributed by atoms with Crippen LogP contribution in [-0.4, -0.2) is 27.8 Å². The first-order valence-corrected chi connectivity index (χ1v) is 8.25. The molecule has 0 unspecified atom stereocenters. The summed E-state index contributed by atoms with van der Waals surface area (Å²) in [6.45, 7) is 3.04. The molecule has 2 aromatic carbocycles. The molecule has 3 aromatic rings. The van der Waals surface area contributed by atoms with Gasteiger partial charge in [0.2, 0.25) is 5.88 Å². The van der Waals surface area contributed by atoms with E-state index in [-0.39, 0.29) is 17.2 Å². The summed E-state index contributed by atoms with van der Waals surface area (Å²) < 4.78 is 33.2. The molecule has 7 heteroatoms. The van der Waals surface area contributed by atoms with E-state index in [0.717, 1.165) is 0 Å². The van der Waals surface area contributed by atoms with Gasteiger partial charge in [-0.1, -0.05) is 26.0 Å². The monoisotopic (exact) mass is 373 g/mol. The van der Waals surface area contributed by atoms with Gasteiger partial charge < -0.3 is 14.9 Å². The van der Waals surface area contributed by atoms with Crippen LogP contribution in [0.2, 0.25) is 0 Å². The van der Waals surface area contributed by atoms with Gasteiger partial charge in [0.15, 0.2) is 18.2 Å². The summed E-state index contributed by atoms with van der Waals surface area (Å²) in [5.74, 6) is -3.54. The number of hydrogen-bond donors (Lipinski definition) is 2. The molecule has 140 valence electrons. The minimum Gasteiger partial charge on any atom is -0.505 e. The number of carboxylic acids is 1. The van der Waals surface area contributed by atoms with Gasteiger partial charge in [-0.25, -0.2) is 18.6 Å².